The Labute approximate surface area is 162 Å². The van der Waals surface area contributed by atoms with Crippen LogP contribution in [0.2, 0.25) is 5.02 Å². The molecule has 1 unspecified atom stereocenters. The number of hydrogen-bond donors (Lipinski definition) is 1. The van der Waals surface area contributed by atoms with E-state index in [0.717, 1.165) is 10.9 Å². The number of halogens is 1. The molecule has 0 saturated carbocycles. The zero-order valence-corrected chi connectivity index (χ0v) is 16.1. The van der Waals surface area contributed by atoms with Gasteiger partial charge in [0.2, 0.25) is 0 Å². The molecule has 1 saturated heterocycles. The number of fused-ring (bicyclic) bond motifs is 1. The zero-order chi connectivity index (χ0) is 19.0. The molecular weight excluding hydrogens is 384 g/mol. The Hall–Kier alpha value is -2.31. The van der Waals surface area contributed by atoms with Crippen LogP contribution >= 0.6 is 11.6 Å². The van der Waals surface area contributed by atoms with Gasteiger partial charge in [-0.1, -0.05) is 35.9 Å². The maximum Gasteiger partial charge on any atom is 0.253 e. The Morgan fingerprint density at radius 3 is 2.74 bits per heavy atom. The second kappa shape index (κ2) is 7.02. The molecule has 1 aliphatic heterocycles. The van der Waals surface area contributed by atoms with Crippen LogP contribution < -0.4 is 0 Å². The molecule has 3 aromatic rings. The first-order valence-electron chi connectivity index (χ1n) is 8.78. The molecule has 1 N–H and O–H groups in total. The van der Waals surface area contributed by atoms with Gasteiger partial charge in [0.25, 0.3) is 5.91 Å². The monoisotopic (exact) mass is 402 g/mol. The van der Waals surface area contributed by atoms with E-state index in [4.69, 9.17) is 11.6 Å². The SMILES string of the molecule is O=C(c1ccc2cc[nH]c2c1)N1CCC(c2ccccc2Cl)S(=O)(=O)CC1. The summed E-state index contributed by atoms with van der Waals surface area (Å²) in [7, 11) is -3.39. The first-order chi connectivity index (χ1) is 13.0. The highest BCUT2D eigenvalue weighted by Gasteiger charge is 2.34. The van der Waals surface area contributed by atoms with Gasteiger partial charge in [-0.3, -0.25) is 4.79 Å². The maximum absolute atomic E-state index is 12.9. The summed E-state index contributed by atoms with van der Waals surface area (Å²) in [6, 6.07) is 14.4. The van der Waals surface area contributed by atoms with Gasteiger partial charge in [0.15, 0.2) is 9.84 Å². The van der Waals surface area contributed by atoms with Crippen molar-refractivity contribution in [3.05, 3.63) is 70.9 Å². The largest absolute Gasteiger partial charge is 0.361 e. The van der Waals surface area contributed by atoms with Gasteiger partial charge in [0.05, 0.1) is 11.0 Å². The molecule has 4 rings (SSSR count). The summed E-state index contributed by atoms with van der Waals surface area (Å²) in [5, 5.41) is 0.793. The highest BCUT2D eigenvalue weighted by atomic mass is 35.5. The Morgan fingerprint density at radius 1 is 1.11 bits per heavy atom. The molecule has 0 bridgehead atoms. The fourth-order valence-corrected chi connectivity index (χ4v) is 5.74. The lowest BCUT2D eigenvalue weighted by molar-refractivity contribution is 0.0766. The zero-order valence-electron chi connectivity index (χ0n) is 14.6. The Morgan fingerprint density at radius 2 is 1.93 bits per heavy atom. The fraction of sp³-hybridized carbons (Fsp3) is 0.250. The Kier molecular flexibility index (Phi) is 4.70. The number of carbonyl (C=O) groups excluding carboxylic acids is 1. The number of aromatic amines is 1. The maximum atomic E-state index is 12.9. The Bertz CT molecular complexity index is 1110. The van der Waals surface area contributed by atoms with E-state index in [2.05, 4.69) is 4.98 Å². The predicted molar refractivity (Wildman–Crippen MR) is 107 cm³/mol. The van der Waals surface area contributed by atoms with Crippen LogP contribution in [0.1, 0.15) is 27.6 Å². The second-order valence-electron chi connectivity index (χ2n) is 6.74. The molecule has 1 amide bonds. The molecule has 1 aliphatic rings. The van der Waals surface area contributed by atoms with Crippen molar-refractivity contribution in [2.45, 2.75) is 11.7 Å². The van der Waals surface area contributed by atoms with Crippen molar-refractivity contribution >= 4 is 38.2 Å². The quantitative estimate of drug-likeness (QED) is 0.708. The van der Waals surface area contributed by atoms with Crippen LogP contribution in [0.25, 0.3) is 10.9 Å². The number of carbonyl (C=O) groups is 1. The van der Waals surface area contributed by atoms with E-state index in [-0.39, 0.29) is 18.2 Å². The molecule has 0 radical (unpaired) electrons. The minimum Gasteiger partial charge on any atom is -0.361 e. The van der Waals surface area contributed by atoms with Gasteiger partial charge < -0.3 is 9.88 Å². The van der Waals surface area contributed by atoms with Crippen molar-refractivity contribution in [3.8, 4) is 0 Å². The van der Waals surface area contributed by atoms with E-state index < -0.39 is 15.1 Å². The minimum absolute atomic E-state index is 0.0701. The van der Waals surface area contributed by atoms with Gasteiger partial charge in [-0.15, -0.1) is 0 Å². The van der Waals surface area contributed by atoms with Crippen LogP contribution in [0.15, 0.2) is 54.7 Å². The van der Waals surface area contributed by atoms with Gasteiger partial charge in [0, 0.05) is 35.4 Å². The molecule has 1 atom stereocenters. The molecule has 2 heterocycles. The third-order valence-electron chi connectivity index (χ3n) is 5.08. The highest BCUT2D eigenvalue weighted by Crippen LogP contribution is 2.34. The van der Waals surface area contributed by atoms with Crippen molar-refractivity contribution in [2.24, 2.45) is 0 Å². The lowest BCUT2D eigenvalue weighted by atomic mass is 10.1. The first-order valence-corrected chi connectivity index (χ1v) is 10.9. The van der Waals surface area contributed by atoms with Crippen molar-refractivity contribution in [1.82, 2.24) is 9.88 Å². The summed E-state index contributed by atoms with van der Waals surface area (Å²) in [6.45, 7) is 0.557. The molecule has 140 valence electrons. The van der Waals surface area contributed by atoms with E-state index in [9.17, 15) is 13.2 Å². The summed E-state index contributed by atoms with van der Waals surface area (Å²) in [5.41, 5.74) is 2.05. The molecular formula is C20H19ClN2O3S. The van der Waals surface area contributed by atoms with Crippen molar-refractivity contribution < 1.29 is 13.2 Å². The summed E-state index contributed by atoms with van der Waals surface area (Å²) < 4.78 is 25.6. The van der Waals surface area contributed by atoms with Crippen molar-refractivity contribution in [3.63, 3.8) is 0 Å². The summed E-state index contributed by atoms with van der Waals surface area (Å²) in [5.74, 6) is -0.221. The normalized spacial score (nSPS) is 19.7. The summed E-state index contributed by atoms with van der Waals surface area (Å²) in [6.07, 6.45) is 2.16. The topological polar surface area (TPSA) is 70.2 Å². The van der Waals surface area contributed by atoms with Gasteiger partial charge in [-0.25, -0.2) is 8.42 Å². The molecule has 5 nitrogen and oxygen atoms in total. The molecule has 1 aromatic heterocycles. The summed E-state index contributed by atoms with van der Waals surface area (Å²) in [4.78, 5) is 17.7. The fourth-order valence-electron chi connectivity index (χ4n) is 3.60. The van der Waals surface area contributed by atoms with Crippen LogP contribution in [-0.4, -0.2) is 43.1 Å². The number of hydrogen-bond acceptors (Lipinski definition) is 3. The van der Waals surface area contributed by atoms with Crippen LogP contribution in [0.3, 0.4) is 0 Å². The van der Waals surface area contributed by atoms with Crippen LogP contribution in [0.5, 0.6) is 0 Å². The third kappa shape index (κ3) is 3.47. The minimum atomic E-state index is -3.39. The molecule has 2 aromatic carbocycles. The van der Waals surface area contributed by atoms with Crippen molar-refractivity contribution in [2.75, 3.05) is 18.8 Å². The highest BCUT2D eigenvalue weighted by molar-refractivity contribution is 7.91. The van der Waals surface area contributed by atoms with E-state index >= 15 is 0 Å². The molecule has 0 aliphatic carbocycles. The smallest absolute Gasteiger partial charge is 0.253 e. The molecule has 1 fully saturated rings. The van der Waals surface area contributed by atoms with Crippen molar-refractivity contribution in [1.29, 1.82) is 0 Å². The lowest BCUT2D eigenvalue weighted by Crippen LogP contribution is -2.33. The molecule has 7 heteroatoms. The van der Waals surface area contributed by atoms with Gasteiger partial charge in [0.1, 0.15) is 0 Å². The average Bonchev–Trinajstić information content (AvgIpc) is 3.06. The van der Waals surface area contributed by atoms with E-state index in [1.807, 2.05) is 24.4 Å². The predicted octanol–water partition coefficient (Wildman–Crippen LogP) is 3.82. The van der Waals surface area contributed by atoms with Gasteiger partial charge >= 0.3 is 0 Å². The van der Waals surface area contributed by atoms with E-state index in [1.54, 1.807) is 35.2 Å². The number of amides is 1. The second-order valence-corrected chi connectivity index (χ2v) is 9.45. The first kappa shape index (κ1) is 18.1. The van der Waals surface area contributed by atoms with Gasteiger partial charge in [-0.2, -0.15) is 0 Å². The summed E-state index contributed by atoms with van der Waals surface area (Å²) >= 11 is 6.23. The number of aromatic nitrogens is 1. The average molecular weight is 403 g/mol. The number of nitrogens with one attached hydrogen (secondary N) is 1. The van der Waals surface area contributed by atoms with Gasteiger partial charge in [-0.05, 0) is 41.6 Å². The number of nitrogens with zero attached hydrogens (tertiary/aromatic N) is 1. The number of H-pyrrole nitrogens is 1. The van der Waals surface area contributed by atoms with Crippen LogP contribution in [-0.2, 0) is 9.84 Å². The Balaban J connectivity index is 1.60. The number of rotatable bonds is 2. The molecule has 27 heavy (non-hydrogen) atoms. The van der Waals surface area contributed by atoms with E-state index in [0.29, 0.717) is 29.1 Å². The number of benzene rings is 2. The third-order valence-corrected chi connectivity index (χ3v) is 7.53. The standard InChI is InChI=1S/C20H19ClN2O3S/c21-17-4-2-1-3-16(17)19-8-10-23(11-12-27(19,25)26)20(24)15-6-5-14-7-9-22-18(14)13-15/h1-7,9,13,19,22H,8,10-12H2. The van der Waals surface area contributed by atoms with E-state index in [1.165, 1.54) is 0 Å². The lowest BCUT2D eigenvalue weighted by Gasteiger charge is -2.20. The number of sulfone groups is 1. The van der Waals surface area contributed by atoms with Crippen LogP contribution in [0, 0.1) is 0 Å². The molecule has 0 spiro atoms. The van der Waals surface area contributed by atoms with Crippen LogP contribution in [0.4, 0.5) is 0 Å².